The molecular formula is C19H21NO2. The van der Waals surface area contributed by atoms with Crippen LogP contribution >= 0.6 is 0 Å². The fourth-order valence-corrected chi connectivity index (χ4v) is 2.67. The molecule has 0 amide bonds. The number of nitrogens with one attached hydrogen (secondary N) is 1. The zero-order valence-electron chi connectivity index (χ0n) is 12.8. The molecule has 2 aromatic rings. The number of carbonyl (C=O) groups is 1. The van der Waals surface area contributed by atoms with Crippen LogP contribution in [-0.4, -0.2) is 25.0 Å². The van der Waals surface area contributed by atoms with Crippen molar-refractivity contribution in [2.45, 2.75) is 25.8 Å². The van der Waals surface area contributed by atoms with E-state index >= 15 is 0 Å². The Hall–Kier alpha value is -2.13. The molecule has 22 heavy (non-hydrogen) atoms. The number of ether oxygens (including phenoxy) is 1. The highest BCUT2D eigenvalue weighted by atomic mass is 16.5. The third kappa shape index (κ3) is 3.55. The van der Waals surface area contributed by atoms with E-state index in [4.69, 9.17) is 4.74 Å². The summed E-state index contributed by atoms with van der Waals surface area (Å²) in [5.41, 5.74) is 2.56. The predicted octanol–water partition coefficient (Wildman–Crippen LogP) is 3.36. The smallest absolute Gasteiger partial charge is 0.193 e. The van der Waals surface area contributed by atoms with Crippen molar-refractivity contribution in [3.8, 4) is 5.75 Å². The van der Waals surface area contributed by atoms with Crippen LogP contribution in [0.3, 0.4) is 0 Å². The average molecular weight is 295 g/mol. The standard InChI is InChI=1S/C19H21NO2/c1-14-4-6-15(7-5-14)19(21)16-8-10-18(11-9-16)22-13-17-3-2-12-20-17/h4-11,17,20H,2-3,12-13H2,1H3. The number of hydrogen-bond acceptors (Lipinski definition) is 3. The van der Waals surface area contributed by atoms with Crippen molar-refractivity contribution in [2.24, 2.45) is 0 Å². The van der Waals surface area contributed by atoms with Crippen molar-refractivity contribution in [2.75, 3.05) is 13.2 Å². The number of carbonyl (C=O) groups excluding carboxylic acids is 1. The molecule has 0 aliphatic carbocycles. The fraction of sp³-hybridized carbons (Fsp3) is 0.316. The van der Waals surface area contributed by atoms with E-state index in [1.54, 1.807) is 0 Å². The average Bonchev–Trinajstić information content (AvgIpc) is 3.07. The minimum absolute atomic E-state index is 0.0454. The molecule has 1 aliphatic rings. The molecule has 1 saturated heterocycles. The van der Waals surface area contributed by atoms with Crippen LogP contribution in [0, 0.1) is 6.92 Å². The molecule has 0 spiro atoms. The van der Waals surface area contributed by atoms with Crippen molar-refractivity contribution in [3.63, 3.8) is 0 Å². The first-order chi connectivity index (χ1) is 10.7. The normalized spacial score (nSPS) is 17.4. The minimum Gasteiger partial charge on any atom is -0.492 e. The van der Waals surface area contributed by atoms with E-state index in [9.17, 15) is 4.79 Å². The van der Waals surface area contributed by atoms with E-state index in [-0.39, 0.29) is 5.78 Å². The van der Waals surface area contributed by atoms with E-state index in [0.29, 0.717) is 18.2 Å². The van der Waals surface area contributed by atoms with E-state index in [1.807, 2.05) is 55.5 Å². The molecule has 1 fully saturated rings. The van der Waals surface area contributed by atoms with Crippen molar-refractivity contribution >= 4 is 5.78 Å². The maximum Gasteiger partial charge on any atom is 0.193 e. The number of aryl methyl sites for hydroxylation is 1. The third-order valence-corrected chi connectivity index (χ3v) is 4.04. The van der Waals surface area contributed by atoms with E-state index in [2.05, 4.69) is 5.32 Å². The zero-order valence-corrected chi connectivity index (χ0v) is 12.8. The largest absolute Gasteiger partial charge is 0.492 e. The summed E-state index contributed by atoms with van der Waals surface area (Å²) in [4.78, 5) is 12.4. The van der Waals surface area contributed by atoms with Crippen molar-refractivity contribution in [1.82, 2.24) is 5.32 Å². The van der Waals surface area contributed by atoms with Gasteiger partial charge >= 0.3 is 0 Å². The highest BCUT2D eigenvalue weighted by molar-refractivity contribution is 6.09. The highest BCUT2D eigenvalue weighted by Gasteiger charge is 2.14. The summed E-state index contributed by atoms with van der Waals surface area (Å²) in [5.74, 6) is 0.859. The lowest BCUT2D eigenvalue weighted by atomic mass is 10.0. The van der Waals surface area contributed by atoms with Gasteiger partial charge in [0.2, 0.25) is 0 Å². The Morgan fingerprint density at radius 1 is 1.09 bits per heavy atom. The summed E-state index contributed by atoms with van der Waals surface area (Å²) in [6.07, 6.45) is 2.39. The molecule has 0 aromatic heterocycles. The van der Waals surface area contributed by atoms with Gasteiger partial charge in [-0.2, -0.15) is 0 Å². The minimum atomic E-state index is 0.0454. The molecule has 0 saturated carbocycles. The molecule has 1 heterocycles. The Kier molecular flexibility index (Phi) is 4.54. The number of hydrogen-bond donors (Lipinski definition) is 1. The van der Waals surface area contributed by atoms with Crippen LogP contribution in [0.2, 0.25) is 0 Å². The fourth-order valence-electron chi connectivity index (χ4n) is 2.67. The van der Waals surface area contributed by atoms with Crippen molar-refractivity contribution < 1.29 is 9.53 Å². The van der Waals surface area contributed by atoms with Crippen LogP contribution in [0.4, 0.5) is 0 Å². The zero-order chi connectivity index (χ0) is 15.4. The molecule has 1 unspecified atom stereocenters. The number of benzene rings is 2. The van der Waals surface area contributed by atoms with Gasteiger partial charge < -0.3 is 10.1 Å². The van der Waals surface area contributed by atoms with Gasteiger partial charge in [-0.15, -0.1) is 0 Å². The van der Waals surface area contributed by atoms with Crippen LogP contribution in [0.25, 0.3) is 0 Å². The van der Waals surface area contributed by atoms with Crippen molar-refractivity contribution in [1.29, 1.82) is 0 Å². The number of rotatable bonds is 5. The monoisotopic (exact) mass is 295 g/mol. The Morgan fingerprint density at radius 2 is 1.73 bits per heavy atom. The van der Waals surface area contributed by atoms with Gasteiger partial charge in [0.25, 0.3) is 0 Å². The van der Waals surface area contributed by atoms with E-state index < -0.39 is 0 Å². The van der Waals surface area contributed by atoms with Crippen LogP contribution in [0.5, 0.6) is 5.75 Å². The lowest BCUT2D eigenvalue weighted by Crippen LogP contribution is -2.28. The highest BCUT2D eigenvalue weighted by Crippen LogP contribution is 2.17. The second-order valence-electron chi connectivity index (χ2n) is 5.82. The van der Waals surface area contributed by atoms with Gasteiger partial charge in [-0.1, -0.05) is 29.8 Å². The van der Waals surface area contributed by atoms with E-state index in [1.165, 1.54) is 12.8 Å². The van der Waals surface area contributed by atoms with Gasteiger partial charge in [0, 0.05) is 17.2 Å². The maximum atomic E-state index is 12.4. The quantitative estimate of drug-likeness (QED) is 0.860. The van der Waals surface area contributed by atoms with Crippen LogP contribution in [0.15, 0.2) is 48.5 Å². The summed E-state index contributed by atoms with van der Waals surface area (Å²) in [6.45, 7) is 3.78. The Morgan fingerprint density at radius 3 is 2.32 bits per heavy atom. The summed E-state index contributed by atoms with van der Waals surface area (Å²) in [6, 6.07) is 15.5. The lowest BCUT2D eigenvalue weighted by molar-refractivity contribution is 0.103. The molecule has 114 valence electrons. The van der Waals surface area contributed by atoms with Gasteiger partial charge in [-0.3, -0.25) is 4.79 Å². The molecule has 0 radical (unpaired) electrons. The summed E-state index contributed by atoms with van der Waals surface area (Å²) in [7, 11) is 0. The van der Waals surface area contributed by atoms with Gasteiger partial charge in [0.05, 0.1) is 0 Å². The first-order valence-electron chi connectivity index (χ1n) is 7.80. The molecule has 1 aliphatic heterocycles. The summed E-state index contributed by atoms with van der Waals surface area (Å²) < 4.78 is 5.77. The first-order valence-corrected chi connectivity index (χ1v) is 7.80. The van der Waals surface area contributed by atoms with Crippen LogP contribution in [0.1, 0.15) is 34.3 Å². The third-order valence-electron chi connectivity index (χ3n) is 4.04. The van der Waals surface area contributed by atoms with Gasteiger partial charge in [-0.25, -0.2) is 0 Å². The van der Waals surface area contributed by atoms with E-state index in [0.717, 1.165) is 23.4 Å². The molecular weight excluding hydrogens is 274 g/mol. The summed E-state index contributed by atoms with van der Waals surface area (Å²) in [5, 5.41) is 3.40. The van der Waals surface area contributed by atoms with Crippen LogP contribution in [-0.2, 0) is 0 Å². The maximum absolute atomic E-state index is 12.4. The second-order valence-corrected chi connectivity index (χ2v) is 5.82. The summed E-state index contributed by atoms with van der Waals surface area (Å²) >= 11 is 0. The Bertz CT molecular complexity index is 625. The SMILES string of the molecule is Cc1ccc(C(=O)c2ccc(OCC3CCCN3)cc2)cc1. The van der Waals surface area contributed by atoms with Gasteiger partial charge in [-0.05, 0) is 50.6 Å². The topological polar surface area (TPSA) is 38.3 Å². The molecule has 3 heteroatoms. The lowest BCUT2D eigenvalue weighted by Gasteiger charge is -2.12. The molecule has 2 aromatic carbocycles. The second kappa shape index (κ2) is 6.75. The Balaban J connectivity index is 1.62. The molecule has 3 rings (SSSR count). The Labute approximate surface area is 131 Å². The van der Waals surface area contributed by atoms with Gasteiger partial charge in [0.1, 0.15) is 12.4 Å². The van der Waals surface area contributed by atoms with Crippen molar-refractivity contribution in [3.05, 3.63) is 65.2 Å². The first kappa shape index (κ1) is 14.8. The molecule has 3 nitrogen and oxygen atoms in total. The predicted molar refractivity (Wildman–Crippen MR) is 87.6 cm³/mol. The number of ketones is 1. The van der Waals surface area contributed by atoms with Gasteiger partial charge in [0.15, 0.2) is 5.78 Å². The molecule has 0 bridgehead atoms. The molecule has 1 atom stereocenters. The molecule has 1 N–H and O–H groups in total. The van der Waals surface area contributed by atoms with Crippen LogP contribution < -0.4 is 10.1 Å².